The Kier molecular flexibility index (Phi) is 8.59. The summed E-state index contributed by atoms with van der Waals surface area (Å²) < 4.78 is 26.2. The average Bonchev–Trinajstić information content (AvgIpc) is 3.47. The Labute approximate surface area is 299 Å². The summed E-state index contributed by atoms with van der Waals surface area (Å²) in [5.41, 5.74) is 4.32. The molecule has 0 heterocycles. The first-order valence-electron chi connectivity index (χ1n) is 19.1. The highest BCUT2D eigenvalue weighted by atomic mass is 19.1. The second-order valence-electron chi connectivity index (χ2n) is 18.2. The topological polar surface area (TPSA) is 52.6 Å². The van der Waals surface area contributed by atoms with Gasteiger partial charge in [-0.1, -0.05) is 77.1 Å². The summed E-state index contributed by atoms with van der Waals surface area (Å²) in [6.45, 7) is 19.9. The van der Waals surface area contributed by atoms with Crippen LogP contribution in [0.2, 0.25) is 0 Å². The zero-order valence-corrected chi connectivity index (χ0v) is 31.4. The normalized spacial score (nSPS) is 38.4. The van der Waals surface area contributed by atoms with Crippen molar-refractivity contribution in [2.75, 3.05) is 13.7 Å². The Balaban J connectivity index is 1.19. The number of fused-ring (bicyclic) bond motifs is 7. The Morgan fingerprint density at radius 2 is 1.60 bits per heavy atom. The van der Waals surface area contributed by atoms with Gasteiger partial charge in [0, 0.05) is 5.41 Å². The van der Waals surface area contributed by atoms with Gasteiger partial charge >= 0.3 is 11.9 Å². The van der Waals surface area contributed by atoms with Gasteiger partial charge in [-0.25, -0.2) is 14.0 Å². The van der Waals surface area contributed by atoms with Crippen LogP contribution in [0.3, 0.4) is 0 Å². The van der Waals surface area contributed by atoms with Crippen molar-refractivity contribution in [1.82, 2.24) is 0 Å². The van der Waals surface area contributed by atoms with Crippen molar-refractivity contribution in [3.05, 3.63) is 89.3 Å². The summed E-state index contributed by atoms with van der Waals surface area (Å²) in [6, 6.07) is 14.4. The van der Waals surface area contributed by atoms with E-state index >= 15 is 4.39 Å². The number of carbonyl (C=O) groups excluding carboxylic acids is 2. The number of methoxy groups -OCH3 is 1. The molecule has 5 heteroatoms. The van der Waals surface area contributed by atoms with Gasteiger partial charge in [0.25, 0.3) is 0 Å². The van der Waals surface area contributed by atoms with Gasteiger partial charge in [-0.2, -0.15) is 0 Å². The molecule has 50 heavy (non-hydrogen) atoms. The van der Waals surface area contributed by atoms with Crippen LogP contribution in [-0.4, -0.2) is 25.7 Å². The second-order valence-corrected chi connectivity index (χ2v) is 18.2. The van der Waals surface area contributed by atoms with E-state index in [1.54, 1.807) is 6.07 Å². The predicted octanol–water partition coefficient (Wildman–Crippen LogP) is 11.1. The minimum atomic E-state index is -0.644. The lowest BCUT2D eigenvalue weighted by Crippen LogP contribution is -2.65. The first kappa shape index (κ1) is 35.2. The molecular weight excluding hydrogens is 623 g/mol. The van der Waals surface area contributed by atoms with E-state index in [-0.39, 0.29) is 38.6 Å². The van der Waals surface area contributed by atoms with Crippen molar-refractivity contribution in [1.29, 1.82) is 0 Å². The summed E-state index contributed by atoms with van der Waals surface area (Å²) in [5, 5.41) is 0. The molecule has 7 rings (SSSR count). The number of benzene rings is 2. The molecule has 4 fully saturated rings. The van der Waals surface area contributed by atoms with Crippen molar-refractivity contribution in [3.63, 3.8) is 0 Å². The highest BCUT2D eigenvalue weighted by molar-refractivity contribution is 5.90. The minimum absolute atomic E-state index is 0.00565. The summed E-state index contributed by atoms with van der Waals surface area (Å²) in [5.74, 6) is 1.18. The fraction of sp³-hybridized carbons (Fsp3) is 0.600. The van der Waals surface area contributed by atoms with Gasteiger partial charge in [0.2, 0.25) is 0 Å². The molecule has 0 amide bonds. The SMILES string of the molecule is C=C(C)[C@@H]1CC[C@]2(COC(=O)c3ccccc3)CC[C@]3(C)[C@H](CC[C@@H]4[C@@]5(C)CC=C(c6ccc(C(=O)OC)c(F)c6)C(C)(C)[C@@H]5CC[C@]43C)[C@@H]12. The van der Waals surface area contributed by atoms with E-state index in [4.69, 9.17) is 9.47 Å². The third-order valence-electron chi connectivity index (χ3n) is 16.0. The Morgan fingerprint density at radius 1 is 0.860 bits per heavy atom. The van der Waals surface area contributed by atoms with E-state index in [2.05, 4.69) is 54.2 Å². The van der Waals surface area contributed by atoms with Gasteiger partial charge in [-0.3, -0.25) is 0 Å². The summed E-state index contributed by atoms with van der Waals surface area (Å²) >= 11 is 0. The number of esters is 2. The molecule has 0 bridgehead atoms. The van der Waals surface area contributed by atoms with Crippen molar-refractivity contribution >= 4 is 17.5 Å². The maximum atomic E-state index is 15.2. The van der Waals surface area contributed by atoms with E-state index in [1.807, 2.05) is 36.4 Å². The monoisotopic (exact) mass is 680 g/mol. The van der Waals surface area contributed by atoms with Crippen molar-refractivity contribution < 1.29 is 23.5 Å². The minimum Gasteiger partial charge on any atom is -0.465 e. The molecule has 0 aliphatic heterocycles. The molecule has 0 unspecified atom stereocenters. The number of carbonyl (C=O) groups is 2. The average molecular weight is 681 g/mol. The molecule has 268 valence electrons. The largest absolute Gasteiger partial charge is 0.465 e. The summed E-state index contributed by atoms with van der Waals surface area (Å²) in [6.07, 6.45) is 12.7. The third-order valence-corrected chi connectivity index (χ3v) is 16.0. The van der Waals surface area contributed by atoms with Crippen molar-refractivity contribution in [3.8, 4) is 0 Å². The Hall–Kier alpha value is -3.21. The lowest BCUT2D eigenvalue weighted by Gasteiger charge is -2.72. The van der Waals surface area contributed by atoms with E-state index < -0.39 is 11.8 Å². The number of rotatable bonds is 6. The van der Waals surface area contributed by atoms with Gasteiger partial charge in [0.15, 0.2) is 0 Å². The lowest BCUT2D eigenvalue weighted by atomic mass is 9.32. The number of ether oxygens (including phenoxy) is 2. The number of hydrogen-bond donors (Lipinski definition) is 0. The molecule has 4 nitrogen and oxygen atoms in total. The maximum Gasteiger partial charge on any atom is 0.340 e. The molecule has 0 N–H and O–H groups in total. The number of allylic oxidation sites excluding steroid dienone is 3. The van der Waals surface area contributed by atoms with Crippen LogP contribution in [0.1, 0.15) is 126 Å². The molecule has 4 saturated carbocycles. The van der Waals surface area contributed by atoms with Crippen LogP contribution < -0.4 is 0 Å². The van der Waals surface area contributed by atoms with E-state index in [9.17, 15) is 9.59 Å². The van der Waals surface area contributed by atoms with Gasteiger partial charge in [0.1, 0.15) is 5.82 Å². The molecule has 5 aliphatic rings. The molecule has 0 aromatic heterocycles. The molecule has 9 atom stereocenters. The second kappa shape index (κ2) is 12.2. The van der Waals surface area contributed by atoms with Gasteiger partial charge in [0.05, 0.1) is 24.8 Å². The first-order chi connectivity index (χ1) is 23.6. The van der Waals surface area contributed by atoms with E-state index in [0.717, 1.165) is 37.7 Å². The standard InChI is InChI=1S/C45H57FO4/c1-28(2)31-18-23-45(27-50-39(47)29-12-10-9-11-13-29)25-24-43(6)34(38(31)45)16-17-37-42(5)21-19-33(41(3,4)36(42)20-22-44(37,43)7)30-14-15-32(35(46)26-30)40(48)49-8/h9-15,19,26,31,34,36-38H,1,16-18,20-25,27H2,2-8H3/t31-,34+,36-,37+,38+,42-,43+,44+,45+/m0/s1. The Morgan fingerprint density at radius 3 is 2.28 bits per heavy atom. The third kappa shape index (κ3) is 5.02. The summed E-state index contributed by atoms with van der Waals surface area (Å²) in [7, 11) is 1.29. The molecule has 2 aromatic carbocycles. The molecular formula is C45H57FO4. The van der Waals surface area contributed by atoms with Crippen LogP contribution >= 0.6 is 0 Å². The molecule has 2 aromatic rings. The van der Waals surface area contributed by atoms with Gasteiger partial charge in [-0.15, -0.1) is 0 Å². The Bertz CT molecular complexity index is 1730. The number of hydrogen-bond acceptors (Lipinski definition) is 4. The van der Waals surface area contributed by atoms with Crippen LogP contribution in [0.5, 0.6) is 0 Å². The van der Waals surface area contributed by atoms with Crippen LogP contribution in [0.4, 0.5) is 4.39 Å². The summed E-state index contributed by atoms with van der Waals surface area (Å²) in [4.78, 5) is 25.3. The van der Waals surface area contributed by atoms with Crippen LogP contribution in [0.25, 0.3) is 5.57 Å². The fourth-order valence-corrected chi connectivity index (χ4v) is 13.5. The van der Waals surface area contributed by atoms with Gasteiger partial charge < -0.3 is 9.47 Å². The molecule has 0 radical (unpaired) electrons. The highest BCUT2D eigenvalue weighted by Gasteiger charge is 2.70. The van der Waals surface area contributed by atoms with Crippen LogP contribution in [0, 0.1) is 62.5 Å². The zero-order chi connectivity index (χ0) is 35.9. The van der Waals surface area contributed by atoms with E-state index in [0.29, 0.717) is 41.8 Å². The maximum absolute atomic E-state index is 15.2. The lowest BCUT2D eigenvalue weighted by molar-refractivity contribution is -0.228. The molecule has 5 aliphatic carbocycles. The zero-order valence-electron chi connectivity index (χ0n) is 31.4. The van der Waals surface area contributed by atoms with Crippen LogP contribution in [0.15, 0.2) is 66.8 Å². The molecule has 0 spiro atoms. The van der Waals surface area contributed by atoms with Crippen molar-refractivity contribution in [2.24, 2.45) is 56.7 Å². The van der Waals surface area contributed by atoms with Crippen LogP contribution in [-0.2, 0) is 9.47 Å². The fourth-order valence-electron chi connectivity index (χ4n) is 13.5. The number of halogens is 1. The van der Waals surface area contributed by atoms with Crippen molar-refractivity contribution in [2.45, 2.75) is 99.3 Å². The van der Waals surface area contributed by atoms with Gasteiger partial charge in [-0.05, 0) is 151 Å². The quantitative estimate of drug-likeness (QED) is 0.225. The highest BCUT2D eigenvalue weighted by Crippen LogP contribution is 2.77. The smallest absolute Gasteiger partial charge is 0.340 e. The predicted molar refractivity (Wildman–Crippen MR) is 197 cm³/mol. The molecule has 0 saturated heterocycles. The first-order valence-corrected chi connectivity index (χ1v) is 19.1. The van der Waals surface area contributed by atoms with E-state index in [1.165, 1.54) is 50.0 Å².